The second-order valence-electron chi connectivity index (χ2n) is 9.53. The Morgan fingerprint density at radius 1 is 1.14 bits per heavy atom. The molecule has 0 spiro atoms. The van der Waals surface area contributed by atoms with Crippen molar-refractivity contribution >= 4 is 11.9 Å². The van der Waals surface area contributed by atoms with Crippen LogP contribution in [0.2, 0.25) is 0 Å². The minimum atomic E-state index is -4.43. The first-order valence-electron chi connectivity index (χ1n) is 11.8. The van der Waals surface area contributed by atoms with Crippen LogP contribution in [0, 0.1) is 6.92 Å². The highest BCUT2D eigenvalue weighted by molar-refractivity contribution is 5.91. The van der Waals surface area contributed by atoms with Gasteiger partial charge in [0, 0.05) is 12.1 Å². The van der Waals surface area contributed by atoms with Gasteiger partial charge in [0.1, 0.15) is 29.9 Å². The number of hydrogen-bond acceptors (Lipinski definition) is 5. The number of amides is 1. The molecule has 0 bridgehead atoms. The normalized spacial score (nSPS) is 16.2. The van der Waals surface area contributed by atoms with E-state index in [1.165, 1.54) is 17.0 Å². The van der Waals surface area contributed by atoms with E-state index < -0.39 is 29.2 Å². The van der Waals surface area contributed by atoms with Gasteiger partial charge in [-0.05, 0) is 75.6 Å². The standard InChI is InChI=1S/C27H27F3N2O5/c1-16-21(31-23(37-16)17-9-11-18(12-10-17)27(28,29)30)15-36-20-7-4-6-19(14-20)26(2,3)25(35)32-13-5-8-22(32)24(33)34/h4,6-7,9-12,14,22H,5,8,13,15H2,1-3H3,(H,33,34)/t22-/m1/s1. The molecule has 0 saturated carbocycles. The molecule has 2 heterocycles. The number of benzene rings is 2. The number of carboxylic acids is 1. The molecule has 0 aliphatic carbocycles. The summed E-state index contributed by atoms with van der Waals surface area (Å²) < 4.78 is 50.0. The quantitative estimate of drug-likeness (QED) is 0.439. The third kappa shape index (κ3) is 5.47. The lowest BCUT2D eigenvalue weighted by Gasteiger charge is -2.32. The first-order valence-corrected chi connectivity index (χ1v) is 11.8. The lowest BCUT2D eigenvalue weighted by molar-refractivity contribution is -0.150. The molecule has 1 fully saturated rings. The van der Waals surface area contributed by atoms with Crippen molar-refractivity contribution in [2.75, 3.05) is 6.54 Å². The zero-order valence-electron chi connectivity index (χ0n) is 20.6. The number of carboxylic acid groups (broad SMARTS) is 1. The van der Waals surface area contributed by atoms with Crippen molar-refractivity contribution in [3.63, 3.8) is 0 Å². The van der Waals surface area contributed by atoms with Crippen LogP contribution in [-0.2, 0) is 27.8 Å². The molecule has 10 heteroatoms. The number of alkyl halides is 3. The second kappa shape index (κ2) is 9.91. The summed E-state index contributed by atoms with van der Waals surface area (Å²) in [6.07, 6.45) is -3.34. The molecule has 0 radical (unpaired) electrons. The zero-order valence-corrected chi connectivity index (χ0v) is 20.6. The number of carbonyl (C=O) groups excluding carboxylic acids is 1. The number of aliphatic carboxylic acids is 1. The monoisotopic (exact) mass is 516 g/mol. The fraction of sp³-hybridized carbons (Fsp3) is 0.370. The maximum absolute atomic E-state index is 13.3. The van der Waals surface area contributed by atoms with Gasteiger partial charge in [0.05, 0.1) is 11.0 Å². The van der Waals surface area contributed by atoms with Gasteiger partial charge in [0.2, 0.25) is 11.8 Å². The van der Waals surface area contributed by atoms with E-state index >= 15 is 0 Å². The van der Waals surface area contributed by atoms with Crippen LogP contribution < -0.4 is 4.74 Å². The van der Waals surface area contributed by atoms with Gasteiger partial charge in [-0.1, -0.05) is 12.1 Å². The largest absolute Gasteiger partial charge is 0.487 e. The number of aromatic nitrogens is 1. The van der Waals surface area contributed by atoms with Crippen LogP contribution in [-0.4, -0.2) is 39.5 Å². The van der Waals surface area contributed by atoms with Gasteiger partial charge < -0.3 is 19.2 Å². The van der Waals surface area contributed by atoms with E-state index in [4.69, 9.17) is 9.15 Å². The van der Waals surface area contributed by atoms with Gasteiger partial charge >= 0.3 is 12.1 Å². The van der Waals surface area contributed by atoms with Crippen molar-refractivity contribution in [3.8, 4) is 17.2 Å². The maximum Gasteiger partial charge on any atom is 0.416 e. The molecule has 1 saturated heterocycles. The molecule has 0 unspecified atom stereocenters. The Balaban J connectivity index is 1.47. The van der Waals surface area contributed by atoms with E-state index in [1.807, 2.05) is 0 Å². The summed E-state index contributed by atoms with van der Waals surface area (Å²) in [6, 6.07) is 10.7. The van der Waals surface area contributed by atoms with Crippen LogP contribution in [0.25, 0.3) is 11.5 Å². The molecule has 1 N–H and O–H groups in total. The number of hydrogen-bond donors (Lipinski definition) is 1. The van der Waals surface area contributed by atoms with Crippen molar-refractivity contribution in [1.82, 2.24) is 9.88 Å². The Labute approximate surface area is 211 Å². The highest BCUT2D eigenvalue weighted by Gasteiger charge is 2.41. The molecule has 1 atom stereocenters. The molecule has 7 nitrogen and oxygen atoms in total. The molecule has 4 rings (SSSR count). The maximum atomic E-state index is 13.3. The molecule has 2 aromatic carbocycles. The third-order valence-electron chi connectivity index (χ3n) is 6.62. The summed E-state index contributed by atoms with van der Waals surface area (Å²) in [5.41, 5.74) is -0.166. The van der Waals surface area contributed by atoms with E-state index in [1.54, 1.807) is 45.0 Å². The topological polar surface area (TPSA) is 92.9 Å². The van der Waals surface area contributed by atoms with Crippen molar-refractivity contribution in [3.05, 3.63) is 71.1 Å². The molecule has 3 aromatic rings. The summed E-state index contributed by atoms with van der Waals surface area (Å²) in [6.45, 7) is 5.64. The molecular weight excluding hydrogens is 489 g/mol. The van der Waals surface area contributed by atoms with Crippen LogP contribution in [0.1, 0.15) is 49.3 Å². The van der Waals surface area contributed by atoms with Gasteiger partial charge in [0.25, 0.3) is 0 Å². The van der Waals surface area contributed by atoms with Crippen molar-refractivity contribution in [1.29, 1.82) is 0 Å². The van der Waals surface area contributed by atoms with Crippen LogP contribution in [0.5, 0.6) is 5.75 Å². The molecule has 1 aromatic heterocycles. The first-order chi connectivity index (χ1) is 17.4. The van der Waals surface area contributed by atoms with Gasteiger partial charge in [-0.25, -0.2) is 9.78 Å². The lowest BCUT2D eigenvalue weighted by atomic mass is 9.83. The Morgan fingerprint density at radius 3 is 2.49 bits per heavy atom. The van der Waals surface area contributed by atoms with Gasteiger partial charge in [-0.2, -0.15) is 13.2 Å². The Kier molecular flexibility index (Phi) is 7.03. The van der Waals surface area contributed by atoms with Crippen molar-refractivity contribution < 1.29 is 37.0 Å². The Hall–Kier alpha value is -3.82. The second-order valence-corrected chi connectivity index (χ2v) is 9.53. The van der Waals surface area contributed by atoms with Gasteiger partial charge in [-0.15, -0.1) is 0 Å². The molecule has 1 aliphatic rings. The van der Waals surface area contributed by atoms with Crippen molar-refractivity contribution in [2.24, 2.45) is 0 Å². The van der Waals surface area contributed by atoms with Gasteiger partial charge in [-0.3, -0.25) is 4.79 Å². The zero-order chi connectivity index (χ0) is 27.0. The summed E-state index contributed by atoms with van der Waals surface area (Å²) in [4.78, 5) is 30.6. The summed E-state index contributed by atoms with van der Waals surface area (Å²) in [5, 5.41) is 9.46. The summed E-state index contributed by atoms with van der Waals surface area (Å²) >= 11 is 0. The van der Waals surface area contributed by atoms with E-state index in [2.05, 4.69) is 4.98 Å². The Bertz CT molecular complexity index is 1300. The van der Waals surface area contributed by atoms with Crippen molar-refractivity contribution in [2.45, 2.75) is 57.9 Å². The van der Waals surface area contributed by atoms with E-state index in [9.17, 15) is 27.9 Å². The number of aryl methyl sites for hydroxylation is 1. The van der Waals surface area contributed by atoms with Crippen LogP contribution in [0.4, 0.5) is 13.2 Å². The van der Waals surface area contributed by atoms with E-state index in [-0.39, 0.29) is 18.4 Å². The number of carbonyl (C=O) groups is 2. The number of halogens is 3. The average Bonchev–Trinajstić information content (AvgIpc) is 3.49. The van der Waals surface area contributed by atoms with Crippen LogP contribution in [0.3, 0.4) is 0 Å². The minimum absolute atomic E-state index is 0.0427. The summed E-state index contributed by atoms with van der Waals surface area (Å²) in [5.74, 6) is -0.132. The fourth-order valence-electron chi connectivity index (χ4n) is 4.36. The summed E-state index contributed by atoms with van der Waals surface area (Å²) in [7, 11) is 0. The van der Waals surface area contributed by atoms with E-state index in [0.29, 0.717) is 47.7 Å². The highest BCUT2D eigenvalue weighted by atomic mass is 19.4. The SMILES string of the molecule is Cc1oc(-c2ccc(C(F)(F)F)cc2)nc1COc1cccc(C(C)(C)C(=O)N2CCC[C@@H]2C(=O)O)c1. The lowest BCUT2D eigenvalue weighted by Crippen LogP contribution is -2.48. The number of ether oxygens (including phenoxy) is 1. The third-order valence-corrected chi connectivity index (χ3v) is 6.62. The molecular formula is C27H27F3N2O5. The van der Waals surface area contributed by atoms with E-state index in [0.717, 1.165) is 12.1 Å². The molecule has 1 aliphatic heterocycles. The van der Waals surface area contributed by atoms with Crippen LogP contribution in [0.15, 0.2) is 52.9 Å². The fourth-order valence-corrected chi connectivity index (χ4v) is 4.36. The average molecular weight is 517 g/mol. The molecule has 1 amide bonds. The number of rotatable bonds is 7. The highest BCUT2D eigenvalue weighted by Crippen LogP contribution is 2.33. The minimum Gasteiger partial charge on any atom is -0.487 e. The smallest absolute Gasteiger partial charge is 0.416 e. The van der Waals surface area contributed by atoms with Crippen LogP contribution >= 0.6 is 0 Å². The molecule has 37 heavy (non-hydrogen) atoms. The predicted octanol–water partition coefficient (Wildman–Crippen LogP) is 5.60. The molecule has 196 valence electrons. The number of nitrogens with zero attached hydrogens (tertiary/aromatic N) is 2. The number of likely N-dealkylation sites (tertiary alicyclic amines) is 1. The number of oxazole rings is 1. The van der Waals surface area contributed by atoms with Gasteiger partial charge in [0.15, 0.2) is 0 Å². The Morgan fingerprint density at radius 2 is 1.84 bits per heavy atom. The first kappa shape index (κ1) is 26.2. The predicted molar refractivity (Wildman–Crippen MR) is 128 cm³/mol.